The maximum absolute atomic E-state index is 11.5. The first-order valence-electron chi connectivity index (χ1n) is 6.16. The molecule has 9 heteroatoms. The highest BCUT2D eigenvalue weighted by Crippen LogP contribution is 2.28. The second kappa shape index (κ2) is 5.32. The lowest BCUT2D eigenvalue weighted by Crippen LogP contribution is -2.32. The average Bonchev–Trinajstić information content (AvgIpc) is 2.77. The molecule has 0 aliphatic carbocycles. The van der Waals surface area contributed by atoms with Crippen molar-refractivity contribution in [2.24, 2.45) is 0 Å². The zero-order valence-electron chi connectivity index (χ0n) is 11.2. The molecule has 1 aromatic rings. The summed E-state index contributed by atoms with van der Waals surface area (Å²) in [6.07, 6.45) is 0.457. The number of sulfone groups is 1. The van der Waals surface area contributed by atoms with Crippen LogP contribution in [0.3, 0.4) is 0 Å². The Morgan fingerprint density at radius 2 is 2.14 bits per heavy atom. The van der Waals surface area contributed by atoms with E-state index in [1.54, 1.807) is 11.9 Å². The zero-order chi connectivity index (χ0) is 15.8. The molecular formula is C12H14N2O6S. The molecule has 1 N–H and O–H groups in total. The number of carboxylic acids is 1. The van der Waals surface area contributed by atoms with E-state index in [1.165, 1.54) is 12.1 Å². The van der Waals surface area contributed by atoms with E-state index in [1.807, 2.05) is 0 Å². The highest BCUT2D eigenvalue weighted by molar-refractivity contribution is 7.91. The molecule has 0 amide bonds. The lowest BCUT2D eigenvalue weighted by atomic mass is 10.1. The average molecular weight is 314 g/mol. The molecule has 0 spiro atoms. The molecule has 1 aliphatic heterocycles. The number of carboxylic acid groups (broad SMARTS) is 1. The topological polar surface area (TPSA) is 118 Å². The van der Waals surface area contributed by atoms with E-state index < -0.39 is 32.0 Å². The van der Waals surface area contributed by atoms with E-state index in [4.69, 9.17) is 5.11 Å². The van der Waals surface area contributed by atoms with Crippen LogP contribution in [0.1, 0.15) is 16.8 Å². The molecule has 2 rings (SSSR count). The molecule has 21 heavy (non-hydrogen) atoms. The minimum absolute atomic E-state index is 0.00287. The van der Waals surface area contributed by atoms with Crippen molar-refractivity contribution in [3.05, 3.63) is 33.9 Å². The second-order valence-corrected chi connectivity index (χ2v) is 7.16. The highest BCUT2D eigenvalue weighted by atomic mass is 32.2. The van der Waals surface area contributed by atoms with E-state index in [9.17, 15) is 23.3 Å². The van der Waals surface area contributed by atoms with Crippen LogP contribution in [-0.2, 0) is 9.84 Å². The number of benzene rings is 1. The van der Waals surface area contributed by atoms with Crippen LogP contribution in [0.4, 0.5) is 11.4 Å². The smallest absolute Gasteiger partial charge is 0.342 e. The van der Waals surface area contributed by atoms with Crippen molar-refractivity contribution in [2.45, 2.75) is 12.5 Å². The Balaban J connectivity index is 2.35. The first-order valence-corrected chi connectivity index (χ1v) is 7.98. The molecule has 1 atom stereocenters. The Bertz CT molecular complexity index is 700. The van der Waals surface area contributed by atoms with Gasteiger partial charge in [-0.25, -0.2) is 13.2 Å². The van der Waals surface area contributed by atoms with Gasteiger partial charge in [-0.15, -0.1) is 0 Å². The SMILES string of the molecule is CN(c1ccc([N+](=O)[O-])c(C(=O)O)c1)C1CCS(=O)(=O)C1. The van der Waals surface area contributed by atoms with Gasteiger partial charge in [0.15, 0.2) is 9.84 Å². The van der Waals surface area contributed by atoms with E-state index in [0.717, 1.165) is 6.07 Å². The van der Waals surface area contributed by atoms with Crippen molar-refractivity contribution < 1.29 is 23.2 Å². The van der Waals surface area contributed by atoms with Gasteiger partial charge in [-0.2, -0.15) is 0 Å². The highest BCUT2D eigenvalue weighted by Gasteiger charge is 2.31. The van der Waals surface area contributed by atoms with Crippen LogP contribution in [-0.4, -0.2) is 49.0 Å². The zero-order valence-corrected chi connectivity index (χ0v) is 12.0. The van der Waals surface area contributed by atoms with Gasteiger partial charge in [0, 0.05) is 24.8 Å². The Hall–Kier alpha value is -2.16. The first-order chi connectivity index (χ1) is 9.71. The van der Waals surface area contributed by atoms with Gasteiger partial charge in [-0.05, 0) is 18.6 Å². The minimum Gasteiger partial charge on any atom is -0.477 e. The molecule has 0 aromatic heterocycles. The fourth-order valence-corrected chi connectivity index (χ4v) is 4.14. The van der Waals surface area contributed by atoms with Crippen LogP contribution in [0.25, 0.3) is 0 Å². The number of hydrogen-bond acceptors (Lipinski definition) is 6. The van der Waals surface area contributed by atoms with Gasteiger partial charge < -0.3 is 10.0 Å². The maximum Gasteiger partial charge on any atom is 0.342 e. The molecule has 8 nitrogen and oxygen atoms in total. The van der Waals surface area contributed by atoms with Crippen molar-refractivity contribution >= 4 is 27.2 Å². The van der Waals surface area contributed by atoms with Crippen molar-refractivity contribution in [1.29, 1.82) is 0 Å². The first kappa shape index (κ1) is 15.2. The Morgan fingerprint density at radius 3 is 2.62 bits per heavy atom. The summed E-state index contributed by atoms with van der Waals surface area (Å²) in [4.78, 5) is 22.8. The molecule has 1 aromatic carbocycles. The van der Waals surface area contributed by atoms with E-state index >= 15 is 0 Å². The van der Waals surface area contributed by atoms with Crippen LogP contribution >= 0.6 is 0 Å². The molecule has 0 bridgehead atoms. The van der Waals surface area contributed by atoms with E-state index in [2.05, 4.69) is 0 Å². The lowest BCUT2D eigenvalue weighted by molar-refractivity contribution is -0.385. The number of aromatic carboxylic acids is 1. The van der Waals surface area contributed by atoms with Gasteiger partial charge >= 0.3 is 5.97 Å². The number of nitrogens with zero attached hydrogens (tertiary/aromatic N) is 2. The number of nitro benzene ring substituents is 1. The van der Waals surface area contributed by atoms with Gasteiger partial charge in [0.05, 0.1) is 16.4 Å². The molecule has 114 valence electrons. The van der Waals surface area contributed by atoms with E-state index in [-0.39, 0.29) is 17.5 Å². The van der Waals surface area contributed by atoms with Gasteiger partial charge in [-0.1, -0.05) is 0 Å². The maximum atomic E-state index is 11.5. The van der Waals surface area contributed by atoms with Crippen LogP contribution in [0.5, 0.6) is 0 Å². The van der Waals surface area contributed by atoms with Crippen LogP contribution < -0.4 is 4.90 Å². The summed E-state index contributed by atoms with van der Waals surface area (Å²) in [6, 6.07) is 3.50. The molecular weight excluding hydrogens is 300 g/mol. The molecule has 1 saturated heterocycles. The normalized spacial score (nSPS) is 20.1. The number of carbonyl (C=O) groups is 1. The molecule has 0 radical (unpaired) electrons. The fourth-order valence-electron chi connectivity index (χ4n) is 2.37. The van der Waals surface area contributed by atoms with Crippen molar-refractivity contribution in [3.8, 4) is 0 Å². The third kappa shape index (κ3) is 3.13. The monoisotopic (exact) mass is 314 g/mol. The van der Waals surface area contributed by atoms with Crippen LogP contribution in [0, 0.1) is 10.1 Å². The van der Waals surface area contributed by atoms with Crippen molar-refractivity contribution in [2.75, 3.05) is 23.5 Å². The van der Waals surface area contributed by atoms with Gasteiger partial charge in [0.2, 0.25) is 0 Å². The Labute approximate surface area is 121 Å². The third-order valence-corrected chi connectivity index (χ3v) is 5.32. The lowest BCUT2D eigenvalue weighted by Gasteiger charge is -2.25. The summed E-state index contributed by atoms with van der Waals surface area (Å²) in [5.74, 6) is -1.29. The second-order valence-electron chi connectivity index (χ2n) is 4.93. The third-order valence-electron chi connectivity index (χ3n) is 3.57. The van der Waals surface area contributed by atoms with Gasteiger partial charge in [-0.3, -0.25) is 10.1 Å². The predicted molar refractivity (Wildman–Crippen MR) is 75.5 cm³/mol. The summed E-state index contributed by atoms with van der Waals surface area (Å²) < 4.78 is 23.0. The molecule has 1 unspecified atom stereocenters. The fraction of sp³-hybridized carbons (Fsp3) is 0.417. The standard InChI is InChI=1S/C12H14N2O6S/c1-13(9-4-5-21(19,20)7-9)8-2-3-11(14(17)18)10(6-8)12(15)16/h2-3,6,9H,4-5,7H2,1H3,(H,15,16). The summed E-state index contributed by atoms with van der Waals surface area (Å²) >= 11 is 0. The minimum atomic E-state index is -3.06. The van der Waals surface area contributed by atoms with Crippen LogP contribution in [0.2, 0.25) is 0 Å². The van der Waals surface area contributed by atoms with Crippen LogP contribution in [0.15, 0.2) is 18.2 Å². The molecule has 1 heterocycles. The Morgan fingerprint density at radius 1 is 1.48 bits per heavy atom. The molecule has 1 fully saturated rings. The number of rotatable bonds is 4. The van der Waals surface area contributed by atoms with Gasteiger partial charge in [0.25, 0.3) is 5.69 Å². The summed E-state index contributed by atoms with van der Waals surface area (Å²) in [7, 11) is -1.41. The number of hydrogen-bond donors (Lipinski definition) is 1. The quantitative estimate of drug-likeness (QED) is 0.648. The molecule has 1 aliphatic rings. The van der Waals surface area contributed by atoms with Gasteiger partial charge in [0.1, 0.15) is 5.56 Å². The summed E-state index contributed by atoms with van der Waals surface area (Å²) in [5, 5.41) is 19.8. The molecule has 0 saturated carbocycles. The number of nitro groups is 1. The predicted octanol–water partition coefficient (Wildman–Crippen LogP) is 0.916. The van der Waals surface area contributed by atoms with Crippen molar-refractivity contribution in [3.63, 3.8) is 0 Å². The number of anilines is 1. The largest absolute Gasteiger partial charge is 0.477 e. The van der Waals surface area contributed by atoms with Crippen molar-refractivity contribution in [1.82, 2.24) is 0 Å². The summed E-state index contributed by atoms with van der Waals surface area (Å²) in [5.41, 5.74) is -0.455. The van der Waals surface area contributed by atoms with E-state index in [0.29, 0.717) is 12.1 Å². The summed E-state index contributed by atoms with van der Waals surface area (Å²) in [6.45, 7) is 0. The Kier molecular flexibility index (Phi) is 3.86.